The molecule has 1 aromatic heterocycles. The van der Waals surface area contributed by atoms with E-state index in [9.17, 15) is 4.79 Å². The van der Waals surface area contributed by atoms with Gasteiger partial charge in [-0.1, -0.05) is 34.1 Å². The third-order valence-electron chi connectivity index (χ3n) is 3.32. The SMILES string of the molecule is O=C1CC(CBr)CN1c1ccnn1-c1ccccc1. The first kappa shape index (κ1) is 12.4. The monoisotopic (exact) mass is 319 g/mol. The van der Waals surface area contributed by atoms with Gasteiger partial charge >= 0.3 is 0 Å². The van der Waals surface area contributed by atoms with E-state index in [0.29, 0.717) is 12.3 Å². The van der Waals surface area contributed by atoms with Crippen molar-refractivity contribution in [3.05, 3.63) is 42.6 Å². The van der Waals surface area contributed by atoms with Crippen LogP contribution in [0.25, 0.3) is 5.69 Å². The number of carbonyl (C=O) groups excluding carboxylic acids is 1. The van der Waals surface area contributed by atoms with Crippen LogP contribution in [-0.2, 0) is 4.79 Å². The van der Waals surface area contributed by atoms with Gasteiger partial charge in [0.2, 0.25) is 5.91 Å². The number of para-hydroxylation sites is 1. The fourth-order valence-corrected chi connectivity index (χ4v) is 2.81. The molecular weight excluding hydrogens is 306 g/mol. The standard InChI is InChI=1S/C14H14BrN3O/c15-9-11-8-14(19)17(10-11)13-6-7-16-18(13)12-4-2-1-3-5-12/h1-7,11H,8-10H2. The summed E-state index contributed by atoms with van der Waals surface area (Å²) >= 11 is 3.46. The van der Waals surface area contributed by atoms with Crippen LogP contribution >= 0.6 is 15.9 Å². The maximum Gasteiger partial charge on any atom is 0.228 e. The number of hydrogen-bond acceptors (Lipinski definition) is 2. The van der Waals surface area contributed by atoms with Crippen LogP contribution in [0, 0.1) is 5.92 Å². The Morgan fingerprint density at radius 1 is 1.26 bits per heavy atom. The van der Waals surface area contributed by atoms with Crippen molar-refractivity contribution in [2.45, 2.75) is 6.42 Å². The maximum atomic E-state index is 12.1. The second kappa shape index (κ2) is 5.17. The lowest BCUT2D eigenvalue weighted by Crippen LogP contribution is -2.27. The van der Waals surface area contributed by atoms with Crippen LogP contribution in [0.5, 0.6) is 0 Å². The Morgan fingerprint density at radius 2 is 2.05 bits per heavy atom. The Morgan fingerprint density at radius 3 is 2.74 bits per heavy atom. The lowest BCUT2D eigenvalue weighted by molar-refractivity contribution is -0.117. The van der Waals surface area contributed by atoms with Crippen molar-refractivity contribution in [1.82, 2.24) is 9.78 Å². The summed E-state index contributed by atoms with van der Waals surface area (Å²) in [7, 11) is 0. The molecule has 1 atom stereocenters. The highest BCUT2D eigenvalue weighted by atomic mass is 79.9. The predicted molar refractivity (Wildman–Crippen MR) is 77.8 cm³/mol. The minimum atomic E-state index is 0.169. The fourth-order valence-electron chi connectivity index (χ4n) is 2.38. The number of alkyl halides is 1. The minimum absolute atomic E-state index is 0.169. The number of halogens is 1. The molecule has 2 aromatic rings. The predicted octanol–water partition coefficient (Wildman–Crippen LogP) is 2.62. The summed E-state index contributed by atoms with van der Waals surface area (Å²) < 4.78 is 1.81. The highest BCUT2D eigenvalue weighted by molar-refractivity contribution is 9.09. The molecule has 0 N–H and O–H groups in total. The van der Waals surface area contributed by atoms with E-state index >= 15 is 0 Å². The first-order valence-corrected chi connectivity index (χ1v) is 7.37. The summed E-state index contributed by atoms with van der Waals surface area (Å²) in [4.78, 5) is 13.9. The van der Waals surface area contributed by atoms with Gasteiger partial charge in [0.25, 0.3) is 0 Å². The number of hydrogen-bond donors (Lipinski definition) is 0. The number of anilines is 1. The van der Waals surface area contributed by atoms with Crippen molar-refractivity contribution in [2.24, 2.45) is 5.92 Å². The molecule has 3 rings (SSSR count). The number of nitrogens with zero attached hydrogens (tertiary/aromatic N) is 3. The lowest BCUT2D eigenvalue weighted by atomic mass is 10.2. The van der Waals surface area contributed by atoms with Gasteiger partial charge in [-0.2, -0.15) is 5.10 Å². The normalized spacial score (nSPS) is 19.1. The van der Waals surface area contributed by atoms with E-state index in [4.69, 9.17) is 0 Å². The van der Waals surface area contributed by atoms with Crippen molar-refractivity contribution in [3.8, 4) is 5.69 Å². The molecule has 1 aliphatic rings. The molecule has 19 heavy (non-hydrogen) atoms. The van der Waals surface area contributed by atoms with Crippen LogP contribution in [-0.4, -0.2) is 27.6 Å². The Kier molecular flexibility index (Phi) is 3.38. The lowest BCUT2D eigenvalue weighted by Gasteiger charge is -2.17. The van der Waals surface area contributed by atoms with E-state index in [2.05, 4.69) is 21.0 Å². The van der Waals surface area contributed by atoms with Gasteiger partial charge < -0.3 is 0 Å². The average molecular weight is 320 g/mol. The largest absolute Gasteiger partial charge is 0.296 e. The van der Waals surface area contributed by atoms with Crippen LogP contribution in [0.2, 0.25) is 0 Å². The van der Waals surface area contributed by atoms with Crippen molar-refractivity contribution >= 4 is 27.7 Å². The quantitative estimate of drug-likeness (QED) is 0.816. The first-order valence-electron chi connectivity index (χ1n) is 6.25. The first-order chi connectivity index (χ1) is 9.29. The van der Waals surface area contributed by atoms with Crippen LogP contribution in [0.4, 0.5) is 5.82 Å². The number of benzene rings is 1. The summed E-state index contributed by atoms with van der Waals surface area (Å²) in [5.41, 5.74) is 0.970. The Labute approximate surface area is 120 Å². The summed E-state index contributed by atoms with van der Waals surface area (Å²) in [5, 5.41) is 5.18. The van der Waals surface area contributed by atoms with Gasteiger partial charge in [0.1, 0.15) is 5.82 Å². The summed E-state index contributed by atoms with van der Waals surface area (Å²) in [6, 6.07) is 11.8. The smallest absolute Gasteiger partial charge is 0.228 e. The molecule has 0 radical (unpaired) electrons. The van der Waals surface area contributed by atoms with Gasteiger partial charge in [0.05, 0.1) is 11.9 Å². The van der Waals surface area contributed by atoms with Gasteiger partial charge in [-0.05, 0) is 18.1 Å². The molecule has 5 heteroatoms. The zero-order chi connectivity index (χ0) is 13.2. The van der Waals surface area contributed by atoms with Crippen molar-refractivity contribution in [1.29, 1.82) is 0 Å². The number of carbonyl (C=O) groups is 1. The molecule has 0 spiro atoms. The van der Waals surface area contributed by atoms with Crippen LogP contribution in [0.3, 0.4) is 0 Å². The van der Waals surface area contributed by atoms with E-state index in [0.717, 1.165) is 23.4 Å². The molecule has 1 unspecified atom stereocenters. The van der Waals surface area contributed by atoms with Crippen molar-refractivity contribution in [3.63, 3.8) is 0 Å². The van der Waals surface area contributed by atoms with E-state index < -0.39 is 0 Å². The van der Waals surface area contributed by atoms with Crippen molar-refractivity contribution < 1.29 is 4.79 Å². The maximum absolute atomic E-state index is 12.1. The highest BCUT2D eigenvalue weighted by Crippen LogP contribution is 2.27. The molecular formula is C14H14BrN3O. The fraction of sp³-hybridized carbons (Fsp3) is 0.286. The van der Waals surface area contributed by atoms with Crippen LogP contribution < -0.4 is 4.90 Å². The van der Waals surface area contributed by atoms with E-state index in [1.54, 1.807) is 6.20 Å². The molecule has 0 saturated carbocycles. The molecule has 1 saturated heterocycles. The average Bonchev–Trinajstić information content (AvgIpc) is 3.05. The van der Waals surface area contributed by atoms with Gasteiger partial charge in [0.15, 0.2) is 0 Å². The Balaban J connectivity index is 1.95. The van der Waals surface area contributed by atoms with Gasteiger partial charge in [-0.25, -0.2) is 4.68 Å². The third-order valence-corrected chi connectivity index (χ3v) is 4.24. The number of amides is 1. The van der Waals surface area contributed by atoms with Gasteiger partial charge in [0, 0.05) is 24.4 Å². The second-order valence-electron chi connectivity index (χ2n) is 4.67. The molecule has 0 aliphatic carbocycles. The molecule has 4 nitrogen and oxygen atoms in total. The molecule has 2 heterocycles. The second-order valence-corrected chi connectivity index (χ2v) is 5.31. The van der Waals surface area contributed by atoms with Crippen molar-refractivity contribution in [2.75, 3.05) is 16.8 Å². The molecule has 1 aromatic carbocycles. The Hall–Kier alpha value is -1.62. The zero-order valence-electron chi connectivity index (χ0n) is 10.4. The van der Waals surface area contributed by atoms with E-state index in [1.165, 1.54) is 0 Å². The number of aromatic nitrogens is 2. The molecule has 98 valence electrons. The zero-order valence-corrected chi connectivity index (χ0v) is 12.0. The topological polar surface area (TPSA) is 38.1 Å². The van der Waals surface area contributed by atoms with E-state index in [-0.39, 0.29) is 5.91 Å². The molecule has 0 bridgehead atoms. The minimum Gasteiger partial charge on any atom is -0.296 e. The highest BCUT2D eigenvalue weighted by Gasteiger charge is 2.31. The summed E-state index contributed by atoms with van der Waals surface area (Å²) in [6.45, 7) is 0.753. The third kappa shape index (κ3) is 2.30. The van der Waals surface area contributed by atoms with Crippen LogP contribution in [0.15, 0.2) is 42.6 Å². The Bertz CT molecular complexity index is 581. The molecule has 1 fully saturated rings. The van der Waals surface area contributed by atoms with E-state index in [1.807, 2.05) is 46.0 Å². The van der Waals surface area contributed by atoms with Gasteiger partial charge in [-0.3, -0.25) is 9.69 Å². The number of rotatable bonds is 3. The van der Waals surface area contributed by atoms with Gasteiger partial charge in [-0.15, -0.1) is 0 Å². The molecule has 1 amide bonds. The summed E-state index contributed by atoms with van der Waals surface area (Å²) in [5.74, 6) is 1.40. The van der Waals surface area contributed by atoms with Crippen LogP contribution in [0.1, 0.15) is 6.42 Å². The summed E-state index contributed by atoms with van der Waals surface area (Å²) in [6.07, 6.45) is 2.34. The molecule has 1 aliphatic heterocycles.